The summed E-state index contributed by atoms with van der Waals surface area (Å²) in [5, 5.41) is 3.67. The summed E-state index contributed by atoms with van der Waals surface area (Å²) in [4.78, 5) is 22.0. The number of carbonyl (C=O) groups excluding carboxylic acids is 1. The minimum Gasteiger partial charge on any atom is -0.445 e. The van der Waals surface area contributed by atoms with Crippen molar-refractivity contribution in [1.82, 2.24) is 9.97 Å². The SMILES string of the molecule is O=C(Nc1ncc(Oc2ccnc(F)c2)s1)N1CCCc2ccccc21. The first-order valence-electron chi connectivity index (χ1n) is 8.11. The van der Waals surface area contributed by atoms with Gasteiger partial charge in [0.05, 0.1) is 6.20 Å². The van der Waals surface area contributed by atoms with Crippen molar-refractivity contribution in [3.63, 3.8) is 0 Å². The van der Waals surface area contributed by atoms with Crippen molar-refractivity contribution in [2.45, 2.75) is 12.8 Å². The van der Waals surface area contributed by atoms with Gasteiger partial charge in [0.15, 0.2) is 5.13 Å². The number of halogens is 1. The van der Waals surface area contributed by atoms with Crippen molar-refractivity contribution >= 4 is 28.2 Å². The number of hydrogen-bond acceptors (Lipinski definition) is 5. The van der Waals surface area contributed by atoms with E-state index in [4.69, 9.17) is 4.74 Å². The van der Waals surface area contributed by atoms with Crippen molar-refractivity contribution in [2.75, 3.05) is 16.8 Å². The Labute approximate surface area is 153 Å². The molecule has 1 aliphatic heterocycles. The fourth-order valence-electron chi connectivity index (χ4n) is 2.83. The summed E-state index contributed by atoms with van der Waals surface area (Å²) >= 11 is 1.17. The molecular formula is C18H15FN4O2S. The largest absolute Gasteiger partial charge is 0.445 e. The van der Waals surface area contributed by atoms with E-state index in [1.807, 2.05) is 24.3 Å². The van der Waals surface area contributed by atoms with Gasteiger partial charge in [-0.05, 0) is 30.5 Å². The average Bonchev–Trinajstić information content (AvgIpc) is 3.08. The van der Waals surface area contributed by atoms with Gasteiger partial charge in [-0.15, -0.1) is 0 Å². The normalized spacial score (nSPS) is 13.2. The number of aryl methyl sites for hydroxylation is 1. The van der Waals surface area contributed by atoms with Gasteiger partial charge >= 0.3 is 6.03 Å². The monoisotopic (exact) mass is 370 g/mol. The number of hydrogen-bond donors (Lipinski definition) is 1. The number of fused-ring (bicyclic) bond motifs is 1. The number of ether oxygens (including phenoxy) is 1. The first-order chi connectivity index (χ1) is 12.7. The summed E-state index contributed by atoms with van der Waals surface area (Å²) in [6, 6.07) is 10.4. The number of amides is 2. The molecule has 132 valence electrons. The van der Waals surface area contributed by atoms with Gasteiger partial charge in [-0.25, -0.2) is 14.8 Å². The minimum absolute atomic E-state index is 0.229. The third kappa shape index (κ3) is 3.50. The number of benzene rings is 1. The van der Waals surface area contributed by atoms with Gasteiger partial charge in [-0.1, -0.05) is 29.5 Å². The second kappa shape index (κ2) is 7.09. The average molecular weight is 370 g/mol. The molecule has 0 unspecified atom stereocenters. The number of thiazole rings is 1. The highest BCUT2D eigenvalue weighted by Crippen LogP contribution is 2.31. The van der Waals surface area contributed by atoms with Gasteiger partial charge in [0.25, 0.3) is 0 Å². The number of rotatable bonds is 3. The van der Waals surface area contributed by atoms with Gasteiger partial charge in [0, 0.05) is 24.5 Å². The summed E-state index contributed by atoms with van der Waals surface area (Å²) in [5.41, 5.74) is 2.09. The fraction of sp³-hybridized carbons (Fsp3) is 0.167. The van der Waals surface area contributed by atoms with E-state index in [0.29, 0.717) is 22.5 Å². The van der Waals surface area contributed by atoms with Crippen molar-refractivity contribution < 1.29 is 13.9 Å². The number of nitrogens with one attached hydrogen (secondary N) is 1. The van der Waals surface area contributed by atoms with Gasteiger partial charge in [-0.2, -0.15) is 4.39 Å². The Balaban J connectivity index is 1.45. The number of anilines is 2. The van der Waals surface area contributed by atoms with E-state index in [-0.39, 0.29) is 6.03 Å². The van der Waals surface area contributed by atoms with Crippen molar-refractivity contribution in [3.8, 4) is 10.8 Å². The number of urea groups is 1. The molecular weight excluding hydrogens is 355 g/mol. The molecule has 1 aliphatic rings. The van der Waals surface area contributed by atoms with Crippen LogP contribution in [0.1, 0.15) is 12.0 Å². The third-order valence-corrected chi connectivity index (χ3v) is 4.76. The number of aromatic nitrogens is 2. The van der Waals surface area contributed by atoms with Crippen LogP contribution in [0.4, 0.5) is 20.0 Å². The maximum Gasteiger partial charge on any atom is 0.328 e. The van der Waals surface area contributed by atoms with Crippen LogP contribution in [0.3, 0.4) is 0 Å². The van der Waals surface area contributed by atoms with Crippen LogP contribution < -0.4 is 15.0 Å². The minimum atomic E-state index is -0.621. The lowest BCUT2D eigenvalue weighted by Gasteiger charge is -2.29. The first-order valence-corrected chi connectivity index (χ1v) is 8.92. The molecule has 4 rings (SSSR count). The Hall–Kier alpha value is -3.00. The maximum absolute atomic E-state index is 13.1. The Morgan fingerprint density at radius 1 is 1.27 bits per heavy atom. The Morgan fingerprint density at radius 3 is 3.04 bits per heavy atom. The zero-order valence-corrected chi connectivity index (χ0v) is 14.5. The number of nitrogens with zero attached hydrogens (tertiary/aromatic N) is 3. The van der Waals surface area contributed by atoms with E-state index in [1.165, 1.54) is 29.8 Å². The van der Waals surface area contributed by atoms with E-state index in [0.717, 1.165) is 24.1 Å². The predicted octanol–water partition coefficient (Wildman–Crippen LogP) is 4.45. The molecule has 1 N–H and O–H groups in total. The van der Waals surface area contributed by atoms with Gasteiger partial charge in [0.1, 0.15) is 5.75 Å². The zero-order chi connectivity index (χ0) is 17.9. The topological polar surface area (TPSA) is 67.3 Å². The van der Waals surface area contributed by atoms with Crippen molar-refractivity contribution in [2.24, 2.45) is 0 Å². The predicted molar refractivity (Wildman–Crippen MR) is 97.5 cm³/mol. The van der Waals surface area contributed by atoms with Crippen LogP contribution in [0.25, 0.3) is 0 Å². The zero-order valence-electron chi connectivity index (χ0n) is 13.7. The van der Waals surface area contributed by atoms with Crippen molar-refractivity contribution in [3.05, 3.63) is 60.3 Å². The van der Waals surface area contributed by atoms with Crippen LogP contribution in [0, 0.1) is 5.95 Å². The number of carbonyl (C=O) groups is 1. The van der Waals surface area contributed by atoms with E-state index >= 15 is 0 Å². The lowest BCUT2D eigenvalue weighted by molar-refractivity contribution is 0.256. The second-order valence-electron chi connectivity index (χ2n) is 5.71. The Bertz CT molecular complexity index is 946. The smallest absolute Gasteiger partial charge is 0.328 e. The molecule has 0 saturated carbocycles. The highest BCUT2D eigenvalue weighted by Gasteiger charge is 2.22. The molecule has 0 spiro atoms. The number of pyridine rings is 1. The summed E-state index contributed by atoms with van der Waals surface area (Å²) in [6.45, 7) is 0.661. The van der Waals surface area contributed by atoms with Gasteiger partial charge < -0.3 is 4.74 Å². The van der Waals surface area contributed by atoms with Gasteiger partial charge in [-0.3, -0.25) is 10.2 Å². The molecule has 0 aliphatic carbocycles. The molecule has 0 radical (unpaired) electrons. The molecule has 8 heteroatoms. The standard InChI is InChI=1S/C18H15FN4O2S/c19-15-10-13(7-8-20-15)25-16-11-21-17(26-16)22-18(24)23-9-3-5-12-4-1-2-6-14(12)23/h1-2,4,6-8,10-11H,3,5,9H2,(H,21,22,24). The molecule has 0 atom stereocenters. The van der Waals surface area contributed by atoms with Crippen LogP contribution in [0.2, 0.25) is 0 Å². The molecule has 1 aromatic carbocycles. The van der Waals surface area contributed by atoms with Crippen LogP contribution in [0.5, 0.6) is 10.8 Å². The molecule has 6 nitrogen and oxygen atoms in total. The highest BCUT2D eigenvalue weighted by atomic mass is 32.1. The molecule has 0 saturated heterocycles. The number of para-hydroxylation sites is 1. The first kappa shape index (κ1) is 16.5. The molecule has 2 aromatic heterocycles. The molecule has 26 heavy (non-hydrogen) atoms. The molecule has 0 fully saturated rings. The van der Waals surface area contributed by atoms with E-state index in [2.05, 4.69) is 15.3 Å². The highest BCUT2D eigenvalue weighted by molar-refractivity contribution is 7.17. The Morgan fingerprint density at radius 2 is 2.15 bits per heavy atom. The summed E-state index contributed by atoms with van der Waals surface area (Å²) in [6.07, 6.45) is 4.70. The van der Waals surface area contributed by atoms with Crippen LogP contribution in [-0.4, -0.2) is 22.5 Å². The van der Waals surface area contributed by atoms with E-state index in [9.17, 15) is 9.18 Å². The van der Waals surface area contributed by atoms with Crippen LogP contribution in [-0.2, 0) is 6.42 Å². The van der Waals surface area contributed by atoms with Crippen molar-refractivity contribution in [1.29, 1.82) is 0 Å². The lowest BCUT2D eigenvalue weighted by atomic mass is 10.0. The molecule has 2 amide bonds. The summed E-state index contributed by atoms with van der Waals surface area (Å²) in [5.74, 6) is -0.298. The van der Waals surface area contributed by atoms with E-state index in [1.54, 1.807) is 11.0 Å². The van der Waals surface area contributed by atoms with Crippen LogP contribution >= 0.6 is 11.3 Å². The van der Waals surface area contributed by atoms with Gasteiger partial charge in [0.2, 0.25) is 11.0 Å². The third-order valence-electron chi connectivity index (χ3n) is 3.97. The molecule has 0 bridgehead atoms. The van der Waals surface area contributed by atoms with E-state index < -0.39 is 5.95 Å². The summed E-state index contributed by atoms with van der Waals surface area (Å²) in [7, 11) is 0. The second-order valence-corrected chi connectivity index (χ2v) is 6.71. The molecule has 3 aromatic rings. The Kier molecular flexibility index (Phi) is 4.49. The van der Waals surface area contributed by atoms with Crippen LogP contribution in [0.15, 0.2) is 48.8 Å². The maximum atomic E-state index is 13.1. The molecule has 3 heterocycles. The lowest BCUT2D eigenvalue weighted by Crippen LogP contribution is -2.38. The quantitative estimate of drug-likeness (QED) is 0.692. The summed E-state index contributed by atoms with van der Waals surface area (Å²) < 4.78 is 18.6. The fourth-order valence-corrected chi connectivity index (χ4v) is 3.51.